The minimum atomic E-state index is 0.146. The van der Waals surface area contributed by atoms with Gasteiger partial charge in [0.05, 0.1) is 0 Å². The number of allylic oxidation sites excluding steroid dienone is 7. The lowest BCUT2D eigenvalue weighted by molar-refractivity contribution is 0.225. The summed E-state index contributed by atoms with van der Waals surface area (Å²) in [7, 11) is 2.20. The minimum Gasteiger partial charge on any atom is -0.356 e. The molecule has 0 spiro atoms. The molecule has 0 saturated heterocycles. The predicted octanol–water partition coefficient (Wildman–Crippen LogP) is 6.84. The van der Waals surface area contributed by atoms with Crippen molar-refractivity contribution in [2.75, 3.05) is 7.05 Å². The summed E-state index contributed by atoms with van der Waals surface area (Å²) in [5, 5.41) is 0. The molecule has 0 amide bonds. The zero-order valence-electron chi connectivity index (χ0n) is 18.1. The van der Waals surface area contributed by atoms with Gasteiger partial charge in [0.2, 0.25) is 0 Å². The first-order chi connectivity index (χ1) is 13.6. The number of hydrogen-bond donors (Lipinski definition) is 0. The van der Waals surface area contributed by atoms with Crippen molar-refractivity contribution in [2.45, 2.75) is 71.4 Å². The van der Waals surface area contributed by atoms with Crippen LogP contribution in [0.25, 0.3) is 0 Å². The second-order valence-electron chi connectivity index (χ2n) is 8.69. The van der Waals surface area contributed by atoms with Crippen LogP contribution in [-0.2, 0) is 0 Å². The zero-order valence-corrected chi connectivity index (χ0v) is 18.1. The maximum Gasteiger partial charge on any atom is 0.127 e. The molecule has 0 N–H and O–H groups in total. The van der Waals surface area contributed by atoms with Crippen LogP contribution in [-0.4, -0.2) is 23.8 Å². The first-order valence-electron chi connectivity index (χ1n) is 11.3. The molecule has 3 aliphatic carbocycles. The summed E-state index contributed by atoms with van der Waals surface area (Å²) in [6.07, 6.45) is 25.9. The average molecular weight is 379 g/mol. The highest BCUT2D eigenvalue weighted by Gasteiger charge is 2.28. The molecule has 0 radical (unpaired) electrons. The third-order valence-electron chi connectivity index (χ3n) is 6.82. The molecule has 0 fully saturated rings. The van der Waals surface area contributed by atoms with Crippen LogP contribution < -0.4 is 0 Å². The molecular formula is C26H38N2. The normalized spacial score (nSPS) is 28.8. The maximum absolute atomic E-state index is 5.31. The molecule has 0 aromatic rings. The van der Waals surface area contributed by atoms with E-state index in [9.17, 15) is 0 Å². The van der Waals surface area contributed by atoms with Crippen molar-refractivity contribution in [3.8, 4) is 0 Å². The number of rotatable bonds is 7. The van der Waals surface area contributed by atoms with Gasteiger partial charge in [-0.2, -0.15) is 0 Å². The molecule has 28 heavy (non-hydrogen) atoms. The zero-order chi connectivity index (χ0) is 19.9. The van der Waals surface area contributed by atoms with Crippen LogP contribution in [0.2, 0.25) is 0 Å². The van der Waals surface area contributed by atoms with Gasteiger partial charge >= 0.3 is 0 Å². The Hall–Kier alpha value is -1.83. The van der Waals surface area contributed by atoms with Crippen LogP contribution in [0.4, 0.5) is 0 Å². The highest BCUT2D eigenvalue weighted by atomic mass is 15.2. The topological polar surface area (TPSA) is 15.6 Å². The van der Waals surface area contributed by atoms with Gasteiger partial charge in [0.1, 0.15) is 6.17 Å². The Morgan fingerprint density at radius 2 is 2.07 bits per heavy atom. The highest BCUT2D eigenvalue weighted by molar-refractivity contribution is 5.98. The van der Waals surface area contributed by atoms with Crippen molar-refractivity contribution < 1.29 is 0 Å². The lowest BCUT2D eigenvalue weighted by atomic mass is 9.86. The molecule has 4 unspecified atom stereocenters. The van der Waals surface area contributed by atoms with E-state index >= 15 is 0 Å². The van der Waals surface area contributed by atoms with Gasteiger partial charge in [-0.05, 0) is 63.4 Å². The Morgan fingerprint density at radius 3 is 2.68 bits per heavy atom. The smallest absolute Gasteiger partial charge is 0.127 e. The van der Waals surface area contributed by atoms with Crippen molar-refractivity contribution in [1.82, 2.24) is 4.90 Å². The molecule has 0 aromatic heterocycles. The molecule has 2 nitrogen and oxygen atoms in total. The fourth-order valence-electron chi connectivity index (χ4n) is 4.68. The van der Waals surface area contributed by atoms with Crippen molar-refractivity contribution in [3.05, 3.63) is 60.4 Å². The summed E-state index contributed by atoms with van der Waals surface area (Å²) >= 11 is 0. The molecule has 152 valence electrons. The second-order valence-corrected chi connectivity index (χ2v) is 8.69. The SMILES string of the molecule is C=C(C1C=CC=CC1)N(C)C(/N=C(\C)C1=CCC(CC)CC1)C1C=CCCC1. The first-order valence-corrected chi connectivity index (χ1v) is 11.3. The summed E-state index contributed by atoms with van der Waals surface area (Å²) in [5.41, 5.74) is 3.89. The van der Waals surface area contributed by atoms with Gasteiger partial charge in [-0.3, -0.25) is 4.99 Å². The summed E-state index contributed by atoms with van der Waals surface area (Å²) < 4.78 is 0. The number of nitrogens with zero attached hydrogens (tertiary/aromatic N) is 2. The molecule has 0 aromatic carbocycles. The minimum absolute atomic E-state index is 0.146. The van der Waals surface area contributed by atoms with E-state index in [0.717, 1.165) is 12.3 Å². The maximum atomic E-state index is 5.31. The van der Waals surface area contributed by atoms with E-state index in [-0.39, 0.29) is 6.17 Å². The van der Waals surface area contributed by atoms with Gasteiger partial charge in [-0.1, -0.05) is 62.5 Å². The molecule has 4 atom stereocenters. The quantitative estimate of drug-likeness (QED) is 0.349. The lowest BCUT2D eigenvalue weighted by Crippen LogP contribution is -2.38. The fourth-order valence-corrected chi connectivity index (χ4v) is 4.68. The molecule has 2 heteroatoms. The summed E-state index contributed by atoms with van der Waals surface area (Å²) in [4.78, 5) is 7.67. The lowest BCUT2D eigenvalue weighted by Gasteiger charge is -2.37. The van der Waals surface area contributed by atoms with Gasteiger partial charge in [0, 0.05) is 30.3 Å². The molecule has 0 bridgehead atoms. The van der Waals surface area contributed by atoms with Crippen molar-refractivity contribution in [2.24, 2.45) is 22.7 Å². The van der Waals surface area contributed by atoms with Crippen molar-refractivity contribution in [1.29, 1.82) is 0 Å². The van der Waals surface area contributed by atoms with Gasteiger partial charge in [0.15, 0.2) is 0 Å². The van der Waals surface area contributed by atoms with Crippen LogP contribution in [0.3, 0.4) is 0 Å². The molecular weight excluding hydrogens is 340 g/mol. The summed E-state index contributed by atoms with van der Waals surface area (Å²) in [5.74, 6) is 1.73. The van der Waals surface area contributed by atoms with Gasteiger partial charge < -0.3 is 4.90 Å². The van der Waals surface area contributed by atoms with Crippen LogP contribution >= 0.6 is 0 Å². The average Bonchev–Trinajstić information content (AvgIpc) is 2.77. The third-order valence-corrected chi connectivity index (χ3v) is 6.82. The Bertz CT molecular complexity index is 691. The van der Waals surface area contributed by atoms with Crippen LogP contribution in [0, 0.1) is 17.8 Å². The van der Waals surface area contributed by atoms with E-state index in [1.54, 1.807) is 0 Å². The van der Waals surface area contributed by atoms with E-state index in [1.165, 1.54) is 61.9 Å². The number of aliphatic imine (C=N–C) groups is 1. The summed E-state index contributed by atoms with van der Waals surface area (Å²) in [6, 6.07) is 0. The first kappa shape index (κ1) is 20.9. The Labute approximate surface area is 172 Å². The Balaban J connectivity index is 1.80. The molecule has 3 aliphatic rings. The Morgan fingerprint density at radius 1 is 1.21 bits per heavy atom. The highest BCUT2D eigenvalue weighted by Crippen LogP contribution is 2.32. The van der Waals surface area contributed by atoms with Gasteiger partial charge in [0.25, 0.3) is 0 Å². The fraction of sp³-hybridized carbons (Fsp3) is 0.577. The van der Waals surface area contributed by atoms with E-state index in [4.69, 9.17) is 4.99 Å². The predicted molar refractivity (Wildman–Crippen MR) is 122 cm³/mol. The number of hydrogen-bond acceptors (Lipinski definition) is 2. The third kappa shape index (κ3) is 5.16. The van der Waals surface area contributed by atoms with Crippen molar-refractivity contribution in [3.63, 3.8) is 0 Å². The van der Waals surface area contributed by atoms with E-state index in [2.05, 4.69) is 74.9 Å². The monoisotopic (exact) mass is 378 g/mol. The van der Waals surface area contributed by atoms with E-state index in [1.807, 2.05) is 0 Å². The standard InChI is InChI=1S/C26H38N2/c1-5-22-16-18-23(19-17-22)20(2)27-26(25-14-10-7-11-15-25)28(4)21(3)24-12-8-6-9-13-24/h6,8-10,12,14,18,22,24-26H,3,5,7,11,13,15-17,19H2,1-2,4H3/b27-20+. The second kappa shape index (κ2) is 10.1. The molecule has 0 heterocycles. The summed E-state index contributed by atoms with van der Waals surface area (Å²) in [6.45, 7) is 9.00. The molecule has 0 aliphatic heterocycles. The molecule has 3 rings (SSSR count). The van der Waals surface area contributed by atoms with Gasteiger partial charge in [-0.25, -0.2) is 0 Å². The Kier molecular flexibility index (Phi) is 7.53. The van der Waals surface area contributed by atoms with Crippen LogP contribution in [0.5, 0.6) is 0 Å². The largest absolute Gasteiger partial charge is 0.356 e. The van der Waals surface area contributed by atoms with Crippen LogP contribution in [0.15, 0.2) is 65.4 Å². The van der Waals surface area contributed by atoms with E-state index < -0.39 is 0 Å². The van der Waals surface area contributed by atoms with Crippen LogP contribution in [0.1, 0.15) is 65.2 Å². The molecule has 0 saturated carbocycles. The van der Waals surface area contributed by atoms with Gasteiger partial charge in [-0.15, -0.1) is 0 Å². The van der Waals surface area contributed by atoms with E-state index in [0.29, 0.717) is 11.8 Å². The van der Waals surface area contributed by atoms with Crippen molar-refractivity contribution >= 4 is 5.71 Å².